The second-order valence-corrected chi connectivity index (χ2v) is 6.95. The first-order valence-corrected chi connectivity index (χ1v) is 7.84. The van der Waals surface area contributed by atoms with Crippen LogP contribution in [0, 0.1) is 5.82 Å². The third kappa shape index (κ3) is 2.63. The van der Waals surface area contributed by atoms with Gasteiger partial charge in [0.1, 0.15) is 16.8 Å². The zero-order valence-electron chi connectivity index (χ0n) is 10.0. The minimum atomic E-state index is -4.19. The van der Waals surface area contributed by atoms with Gasteiger partial charge in [-0.15, -0.1) is 0 Å². The summed E-state index contributed by atoms with van der Waals surface area (Å²) in [7, 11) is -4.19. The molecule has 0 spiro atoms. The van der Waals surface area contributed by atoms with Crippen molar-refractivity contribution in [2.24, 2.45) is 0 Å². The molecular weight excluding hydrogens is 332 g/mol. The molecule has 2 rings (SSSR count). The summed E-state index contributed by atoms with van der Waals surface area (Å²) in [6, 6.07) is 0.496. The van der Waals surface area contributed by atoms with E-state index in [0.717, 1.165) is 16.4 Å². The monoisotopic (exact) mass is 341 g/mol. The minimum absolute atomic E-state index is 0.0589. The number of sulfonamides is 1. The smallest absolute Gasteiger partial charge is 0.322 e. The fourth-order valence-corrected chi connectivity index (χ4v) is 4.96. The van der Waals surface area contributed by atoms with Crippen molar-refractivity contribution in [3.05, 3.63) is 28.0 Å². The lowest BCUT2D eigenvalue weighted by molar-refractivity contribution is -0.140. The summed E-state index contributed by atoms with van der Waals surface area (Å²) < 4.78 is 38.9. The zero-order chi connectivity index (χ0) is 15.1. The Morgan fingerprint density at radius 2 is 1.90 bits per heavy atom. The lowest BCUT2D eigenvalue weighted by Crippen LogP contribution is -2.40. The normalized spacial score (nSPS) is 20.2. The maximum atomic E-state index is 13.1. The number of rotatable bonds is 3. The van der Waals surface area contributed by atoms with Gasteiger partial charge in [-0.1, -0.05) is 23.2 Å². The molecule has 1 aromatic carbocycles. The fraction of sp³-hybridized carbons (Fsp3) is 0.364. The van der Waals surface area contributed by atoms with Crippen LogP contribution in [0.1, 0.15) is 12.8 Å². The highest BCUT2D eigenvalue weighted by molar-refractivity contribution is 7.89. The molecular formula is C11H10Cl2FNO4S. The molecule has 0 aromatic heterocycles. The van der Waals surface area contributed by atoms with Gasteiger partial charge in [-0.3, -0.25) is 4.79 Å². The number of benzene rings is 1. The molecule has 9 heteroatoms. The largest absolute Gasteiger partial charge is 0.480 e. The number of aliphatic carboxylic acids is 1. The van der Waals surface area contributed by atoms with Crippen molar-refractivity contribution in [1.82, 2.24) is 4.31 Å². The average Bonchev–Trinajstić information content (AvgIpc) is 2.75. The van der Waals surface area contributed by atoms with Crippen LogP contribution in [0.3, 0.4) is 0 Å². The molecule has 1 N–H and O–H groups in total. The molecule has 1 aliphatic rings. The summed E-state index contributed by atoms with van der Waals surface area (Å²) in [5.41, 5.74) is 0. The molecule has 1 aliphatic heterocycles. The van der Waals surface area contributed by atoms with Crippen molar-refractivity contribution in [2.75, 3.05) is 6.54 Å². The van der Waals surface area contributed by atoms with E-state index in [1.165, 1.54) is 0 Å². The maximum Gasteiger partial charge on any atom is 0.322 e. The van der Waals surface area contributed by atoms with E-state index in [2.05, 4.69) is 0 Å². The van der Waals surface area contributed by atoms with Crippen molar-refractivity contribution in [2.45, 2.75) is 23.8 Å². The topological polar surface area (TPSA) is 74.7 Å². The molecule has 20 heavy (non-hydrogen) atoms. The minimum Gasteiger partial charge on any atom is -0.480 e. The molecule has 1 atom stereocenters. The molecule has 1 heterocycles. The quantitative estimate of drug-likeness (QED) is 0.915. The van der Waals surface area contributed by atoms with Gasteiger partial charge in [0.15, 0.2) is 0 Å². The van der Waals surface area contributed by atoms with Gasteiger partial charge in [-0.2, -0.15) is 4.31 Å². The van der Waals surface area contributed by atoms with Gasteiger partial charge in [-0.05, 0) is 25.0 Å². The van der Waals surface area contributed by atoms with E-state index in [-0.39, 0.29) is 23.0 Å². The molecule has 5 nitrogen and oxygen atoms in total. The number of halogens is 3. The number of carboxylic acids is 1. The van der Waals surface area contributed by atoms with E-state index in [1.54, 1.807) is 0 Å². The van der Waals surface area contributed by atoms with Crippen molar-refractivity contribution >= 4 is 39.2 Å². The van der Waals surface area contributed by atoms with Crippen molar-refractivity contribution in [1.29, 1.82) is 0 Å². The highest BCUT2D eigenvalue weighted by atomic mass is 35.5. The Bertz CT molecular complexity index is 641. The highest BCUT2D eigenvalue weighted by Crippen LogP contribution is 2.35. The molecule has 0 bridgehead atoms. The van der Waals surface area contributed by atoms with Crippen LogP contribution in [-0.2, 0) is 14.8 Å². The summed E-state index contributed by atoms with van der Waals surface area (Å²) >= 11 is 11.5. The molecule has 1 saturated heterocycles. The summed E-state index contributed by atoms with van der Waals surface area (Å²) in [5, 5.41) is 8.31. The highest BCUT2D eigenvalue weighted by Gasteiger charge is 2.41. The molecule has 0 amide bonds. The maximum absolute atomic E-state index is 13.1. The first kappa shape index (κ1) is 15.5. The fourth-order valence-electron chi connectivity index (χ4n) is 2.17. The summed E-state index contributed by atoms with van der Waals surface area (Å²) in [6.45, 7) is 0.0589. The Morgan fingerprint density at radius 1 is 1.35 bits per heavy atom. The van der Waals surface area contributed by atoms with Crippen LogP contribution in [0.15, 0.2) is 17.0 Å². The van der Waals surface area contributed by atoms with Gasteiger partial charge in [0.2, 0.25) is 10.0 Å². The molecule has 110 valence electrons. The van der Waals surface area contributed by atoms with Crippen LogP contribution < -0.4 is 0 Å². The van der Waals surface area contributed by atoms with Gasteiger partial charge in [0.25, 0.3) is 0 Å². The second-order valence-electron chi connectivity index (χ2n) is 4.31. The van der Waals surface area contributed by atoms with E-state index >= 15 is 0 Å². The van der Waals surface area contributed by atoms with Crippen LogP contribution in [0.25, 0.3) is 0 Å². The van der Waals surface area contributed by atoms with E-state index in [0.29, 0.717) is 6.42 Å². The standard InChI is InChI=1S/C11H10Cl2FNO4S/c12-7-4-6(14)5-8(13)10(7)20(18,19)15-3-1-2-9(15)11(16)17/h4-5,9H,1-3H2,(H,16,17). The molecule has 1 unspecified atom stereocenters. The van der Waals surface area contributed by atoms with E-state index < -0.39 is 32.7 Å². The Morgan fingerprint density at radius 3 is 2.40 bits per heavy atom. The summed E-state index contributed by atoms with van der Waals surface area (Å²) in [5.74, 6) is -2.00. The summed E-state index contributed by atoms with van der Waals surface area (Å²) in [4.78, 5) is 10.6. The van der Waals surface area contributed by atoms with Crippen LogP contribution in [-0.4, -0.2) is 36.4 Å². The van der Waals surface area contributed by atoms with Gasteiger partial charge in [0.05, 0.1) is 10.0 Å². The van der Waals surface area contributed by atoms with Gasteiger partial charge in [0, 0.05) is 6.54 Å². The number of hydrogen-bond acceptors (Lipinski definition) is 3. The van der Waals surface area contributed by atoms with Crippen LogP contribution in [0.5, 0.6) is 0 Å². The molecule has 0 radical (unpaired) electrons. The van der Waals surface area contributed by atoms with Crippen LogP contribution >= 0.6 is 23.2 Å². The van der Waals surface area contributed by atoms with Crippen molar-refractivity contribution in [3.63, 3.8) is 0 Å². The van der Waals surface area contributed by atoms with Crippen molar-refractivity contribution in [3.8, 4) is 0 Å². The van der Waals surface area contributed by atoms with Crippen LogP contribution in [0.2, 0.25) is 10.0 Å². The molecule has 1 fully saturated rings. The van der Waals surface area contributed by atoms with Crippen molar-refractivity contribution < 1.29 is 22.7 Å². The SMILES string of the molecule is O=C(O)C1CCCN1S(=O)(=O)c1c(Cl)cc(F)cc1Cl. The Labute approximate surface area is 124 Å². The third-order valence-electron chi connectivity index (χ3n) is 3.02. The third-order valence-corrected chi connectivity index (χ3v) is 5.85. The number of nitrogens with zero attached hydrogens (tertiary/aromatic N) is 1. The lowest BCUT2D eigenvalue weighted by atomic mass is 10.2. The van der Waals surface area contributed by atoms with Gasteiger partial charge >= 0.3 is 5.97 Å². The van der Waals surface area contributed by atoms with E-state index in [9.17, 15) is 17.6 Å². The predicted octanol–water partition coefficient (Wildman–Crippen LogP) is 2.37. The van der Waals surface area contributed by atoms with E-state index in [4.69, 9.17) is 28.3 Å². The first-order chi connectivity index (χ1) is 9.25. The zero-order valence-corrected chi connectivity index (χ0v) is 12.3. The summed E-state index contributed by atoms with van der Waals surface area (Å²) in [6.07, 6.45) is 0.637. The Balaban J connectivity index is 2.54. The number of hydrogen-bond donors (Lipinski definition) is 1. The molecule has 0 aliphatic carbocycles. The van der Waals surface area contributed by atoms with Crippen LogP contribution in [0.4, 0.5) is 4.39 Å². The second kappa shape index (κ2) is 5.48. The van der Waals surface area contributed by atoms with Gasteiger partial charge in [-0.25, -0.2) is 12.8 Å². The Kier molecular flexibility index (Phi) is 4.24. The van der Waals surface area contributed by atoms with E-state index in [1.807, 2.05) is 0 Å². The average molecular weight is 342 g/mol. The Hall–Kier alpha value is -0.890. The number of carboxylic acid groups (broad SMARTS) is 1. The lowest BCUT2D eigenvalue weighted by Gasteiger charge is -2.22. The first-order valence-electron chi connectivity index (χ1n) is 5.64. The number of carbonyl (C=O) groups is 1. The molecule has 0 saturated carbocycles. The predicted molar refractivity (Wildman–Crippen MR) is 71.0 cm³/mol. The molecule has 1 aromatic rings. The van der Waals surface area contributed by atoms with Gasteiger partial charge < -0.3 is 5.11 Å².